The molecule has 1 aromatic carbocycles. The lowest BCUT2D eigenvalue weighted by molar-refractivity contribution is 0.134. The highest BCUT2D eigenvalue weighted by molar-refractivity contribution is 5.66. The highest BCUT2D eigenvalue weighted by Crippen LogP contribution is 2.00. The van der Waals surface area contributed by atoms with Gasteiger partial charge < -0.3 is 9.15 Å². The Labute approximate surface area is 105 Å². The van der Waals surface area contributed by atoms with Crippen molar-refractivity contribution in [3.8, 4) is 0 Å². The van der Waals surface area contributed by atoms with E-state index in [1.165, 1.54) is 0 Å². The van der Waals surface area contributed by atoms with Crippen LogP contribution in [0, 0.1) is 0 Å². The van der Waals surface area contributed by atoms with E-state index in [0.29, 0.717) is 6.54 Å². The maximum Gasteiger partial charge on any atom is 0.421 e. The molecule has 5 heteroatoms. The van der Waals surface area contributed by atoms with Gasteiger partial charge >= 0.3 is 6.09 Å². The molecule has 1 aromatic heterocycles. The molecule has 2 aromatic rings. The molecular formula is C13H14N2O3. The summed E-state index contributed by atoms with van der Waals surface area (Å²) in [7, 11) is 0. The van der Waals surface area contributed by atoms with Crippen LogP contribution in [-0.2, 0) is 17.9 Å². The number of nitrogens with one attached hydrogen (secondary N) is 2. The molecule has 0 saturated heterocycles. The highest BCUT2D eigenvalue weighted by atomic mass is 16.6. The Balaban J connectivity index is 1.63. The minimum absolute atomic E-state index is 0.250. The number of rotatable bonds is 5. The monoisotopic (exact) mass is 246 g/mol. The molecule has 5 nitrogen and oxygen atoms in total. The normalized spacial score (nSPS) is 10.0. The molecule has 1 heterocycles. The molecule has 94 valence electrons. The summed E-state index contributed by atoms with van der Waals surface area (Å²) in [5, 5.41) is 0. The Bertz CT molecular complexity index is 468. The molecule has 0 saturated carbocycles. The van der Waals surface area contributed by atoms with Crippen molar-refractivity contribution in [3.05, 3.63) is 60.1 Å². The third-order valence-corrected chi connectivity index (χ3v) is 2.28. The first kappa shape index (κ1) is 12.2. The van der Waals surface area contributed by atoms with Crippen molar-refractivity contribution in [1.29, 1.82) is 0 Å². The molecule has 0 aliphatic carbocycles. The lowest BCUT2D eigenvalue weighted by atomic mass is 10.2. The molecule has 2 N–H and O–H groups in total. The average molecular weight is 246 g/mol. The van der Waals surface area contributed by atoms with Crippen LogP contribution in [0.5, 0.6) is 0 Å². The molecule has 0 spiro atoms. The second-order valence-corrected chi connectivity index (χ2v) is 3.67. The van der Waals surface area contributed by atoms with Crippen LogP contribution >= 0.6 is 0 Å². The third-order valence-electron chi connectivity index (χ3n) is 2.28. The lowest BCUT2D eigenvalue weighted by Gasteiger charge is -2.07. The second-order valence-electron chi connectivity index (χ2n) is 3.67. The summed E-state index contributed by atoms with van der Waals surface area (Å²) in [6, 6.07) is 11.3. The van der Waals surface area contributed by atoms with Crippen LogP contribution in [-0.4, -0.2) is 6.09 Å². The van der Waals surface area contributed by atoms with Crippen molar-refractivity contribution in [3.63, 3.8) is 0 Å². The largest absolute Gasteiger partial charge is 0.472 e. The van der Waals surface area contributed by atoms with Gasteiger partial charge in [0.25, 0.3) is 0 Å². The number of amides is 1. The van der Waals surface area contributed by atoms with Gasteiger partial charge in [-0.15, -0.1) is 0 Å². The van der Waals surface area contributed by atoms with Gasteiger partial charge in [-0.05, 0) is 11.6 Å². The maximum absolute atomic E-state index is 11.3. The van der Waals surface area contributed by atoms with Gasteiger partial charge in [0.2, 0.25) is 0 Å². The number of hydrogen-bond acceptors (Lipinski definition) is 4. The molecule has 2 rings (SSSR count). The van der Waals surface area contributed by atoms with Gasteiger partial charge in [0.1, 0.15) is 6.61 Å². The number of hydrogen-bond donors (Lipinski definition) is 2. The first-order valence-electron chi connectivity index (χ1n) is 5.55. The third kappa shape index (κ3) is 3.95. The van der Waals surface area contributed by atoms with E-state index in [9.17, 15) is 4.79 Å². The topological polar surface area (TPSA) is 63.5 Å². The van der Waals surface area contributed by atoms with Gasteiger partial charge in [0.05, 0.1) is 12.5 Å². The highest BCUT2D eigenvalue weighted by Gasteiger charge is 2.01. The molecule has 0 radical (unpaired) electrons. The molecule has 0 unspecified atom stereocenters. The van der Waals surface area contributed by atoms with Crippen molar-refractivity contribution in [2.45, 2.75) is 13.2 Å². The van der Waals surface area contributed by atoms with Crippen LogP contribution in [0.25, 0.3) is 0 Å². The summed E-state index contributed by atoms with van der Waals surface area (Å²) in [5.41, 5.74) is 7.07. The Morgan fingerprint density at radius 2 is 2.00 bits per heavy atom. The summed E-state index contributed by atoms with van der Waals surface area (Å²) >= 11 is 0. The van der Waals surface area contributed by atoms with Gasteiger partial charge in [-0.2, -0.15) is 0 Å². The van der Waals surface area contributed by atoms with E-state index in [1.54, 1.807) is 12.5 Å². The van der Waals surface area contributed by atoms with Crippen molar-refractivity contribution in [2.24, 2.45) is 0 Å². The van der Waals surface area contributed by atoms with Gasteiger partial charge in [-0.3, -0.25) is 5.43 Å². The van der Waals surface area contributed by atoms with E-state index < -0.39 is 6.09 Å². The Morgan fingerprint density at radius 3 is 2.72 bits per heavy atom. The summed E-state index contributed by atoms with van der Waals surface area (Å²) in [5.74, 6) is 0. The van der Waals surface area contributed by atoms with Crippen LogP contribution < -0.4 is 10.9 Å². The van der Waals surface area contributed by atoms with E-state index in [-0.39, 0.29) is 6.61 Å². The molecule has 0 atom stereocenters. The van der Waals surface area contributed by atoms with Crippen molar-refractivity contribution in [1.82, 2.24) is 10.9 Å². The van der Waals surface area contributed by atoms with Gasteiger partial charge in [0.15, 0.2) is 0 Å². The first-order valence-corrected chi connectivity index (χ1v) is 5.55. The molecule has 0 fully saturated rings. The molecule has 18 heavy (non-hydrogen) atoms. The quantitative estimate of drug-likeness (QED) is 0.794. The average Bonchev–Trinajstić information content (AvgIpc) is 2.91. The van der Waals surface area contributed by atoms with E-state index in [1.807, 2.05) is 36.4 Å². The van der Waals surface area contributed by atoms with Crippen LogP contribution in [0.2, 0.25) is 0 Å². The van der Waals surface area contributed by atoms with Crippen LogP contribution in [0.3, 0.4) is 0 Å². The summed E-state index contributed by atoms with van der Waals surface area (Å²) in [4.78, 5) is 11.3. The van der Waals surface area contributed by atoms with Crippen molar-refractivity contribution in [2.75, 3.05) is 0 Å². The van der Waals surface area contributed by atoms with E-state index in [2.05, 4.69) is 10.9 Å². The van der Waals surface area contributed by atoms with Crippen LogP contribution in [0.4, 0.5) is 4.79 Å². The van der Waals surface area contributed by atoms with Crippen molar-refractivity contribution < 1.29 is 13.9 Å². The maximum atomic E-state index is 11.3. The fourth-order valence-corrected chi connectivity index (χ4v) is 1.37. The number of carbonyl (C=O) groups excluding carboxylic acids is 1. The SMILES string of the molecule is O=C(NNCc1ccoc1)OCc1ccccc1. The number of ether oxygens (including phenoxy) is 1. The smallest absolute Gasteiger partial charge is 0.421 e. The number of hydrazine groups is 1. The zero-order chi connectivity index (χ0) is 12.6. The standard InChI is InChI=1S/C13H14N2O3/c16-13(15-14-8-12-6-7-17-9-12)18-10-11-4-2-1-3-5-11/h1-7,9,14H,8,10H2,(H,15,16). The van der Waals surface area contributed by atoms with Gasteiger partial charge in [0, 0.05) is 12.1 Å². The molecular weight excluding hydrogens is 232 g/mol. The zero-order valence-electron chi connectivity index (χ0n) is 9.76. The Hall–Kier alpha value is -2.27. The molecule has 0 aliphatic heterocycles. The van der Waals surface area contributed by atoms with E-state index in [0.717, 1.165) is 11.1 Å². The fraction of sp³-hybridized carbons (Fsp3) is 0.154. The molecule has 0 bridgehead atoms. The van der Waals surface area contributed by atoms with Crippen LogP contribution in [0.15, 0.2) is 53.3 Å². The lowest BCUT2D eigenvalue weighted by Crippen LogP contribution is -2.37. The summed E-state index contributed by atoms with van der Waals surface area (Å²) in [6.45, 7) is 0.733. The number of carbonyl (C=O) groups is 1. The minimum atomic E-state index is -0.512. The minimum Gasteiger partial charge on any atom is -0.472 e. The van der Waals surface area contributed by atoms with E-state index in [4.69, 9.17) is 9.15 Å². The number of benzene rings is 1. The van der Waals surface area contributed by atoms with Crippen molar-refractivity contribution >= 4 is 6.09 Å². The van der Waals surface area contributed by atoms with Gasteiger partial charge in [-0.1, -0.05) is 30.3 Å². The summed E-state index contributed by atoms with van der Waals surface area (Å²) < 4.78 is 9.90. The summed E-state index contributed by atoms with van der Waals surface area (Å²) in [6.07, 6.45) is 2.66. The van der Waals surface area contributed by atoms with Crippen LogP contribution in [0.1, 0.15) is 11.1 Å². The first-order chi connectivity index (χ1) is 8.84. The number of furan rings is 1. The second kappa shape index (κ2) is 6.46. The zero-order valence-corrected chi connectivity index (χ0v) is 9.76. The van der Waals surface area contributed by atoms with Gasteiger partial charge in [-0.25, -0.2) is 10.2 Å². The Morgan fingerprint density at radius 1 is 1.17 bits per heavy atom. The fourth-order valence-electron chi connectivity index (χ4n) is 1.37. The molecule has 0 aliphatic rings. The predicted molar refractivity (Wildman–Crippen MR) is 65.3 cm³/mol. The molecule has 1 amide bonds. The predicted octanol–water partition coefficient (Wildman–Crippen LogP) is 2.21. The van der Waals surface area contributed by atoms with E-state index >= 15 is 0 Å². The Kier molecular flexibility index (Phi) is 4.38.